The number of aliphatic hydroxyl groups is 3. The lowest BCUT2D eigenvalue weighted by Crippen LogP contribution is -2.48. The third-order valence-corrected chi connectivity index (χ3v) is 11.8. The molecule has 0 aliphatic carbocycles. The summed E-state index contributed by atoms with van der Waals surface area (Å²) in [6.45, 7) is 4.15. The number of carbonyl (C=O) groups excluding carboxylic acids is 1. The molecular formula is C55H101NO4. The van der Waals surface area contributed by atoms with Gasteiger partial charge in [-0.1, -0.05) is 242 Å². The van der Waals surface area contributed by atoms with Crippen molar-refractivity contribution in [2.45, 2.75) is 276 Å². The maximum absolute atomic E-state index is 12.5. The van der Waals surface area contributed by atoms with Gasteiger partial charge in [-0.3, -0.25) is 4.79 Å². The predicted molar refractivity (Wildman–Crippen MR) is 264 cm³/mol. The fraction of sp³-hybridized carbons (Fsp3) is 0.800. The summed E-state index contributed by atoms with van der Waals surface area (Å²) in [5.41, 5.74) is 0. The number of allylic oxidation sites excluding steroid dienone is 9. The molecule has 0 spiro atoms. The molecular weight excluding hydrogens is 739 g/mol. The molecule has 60 heavy (non-hydrogen) atoms. The molecule has 3 atom stereocenters. The van der Waals surface area contributed by atoms with Gasteiger partial charge in [0.05, 0.1) is 18.8 Å². The quantitative estimate of drug-likeness (QED) is 0.0363. The molecule has 350 valence electrons. The average molecular weight is 840 g/mol. The number of aliphatic hydroxyl groups excluding tert-OH is 3. The Kier molecular flexibility index (Phi) is 48.1. The van der Waals surface area contributed by atoms with Crippen molar-refractivity contribution in [3.63, 3.8) is 0 Å². The van der Waals surface area contributed by atoms with Gasteiger partial charge < -0.3 is 20.6 Å². The van der Waals surface area contributed by atoms with Gasteiger partial charge in [0.15, 0.2) is 0 Å². The Morgan fingerprint density at radius 1 is 0.417 bits per heavy atom. The summed E-state index contributed by atoms with van der Waals surface area (Å²) in [7, 11) is 0. The van der Waals surface area contributed by atoms with E-state index in [1.807, 2.05) is 6.08 Å². The van der Waals surface area contributed by atoms with Gasteiger partial charge in [-0.2, -0.15) is 0 Å². The summed E-state index contributed by atoms with van der Waals surface area (Å²) in [4.78, 5) is 12.5. The zero-order valence-electron chi connectivity index (χ0n) is 39.8. The largest absolute Gasteiger partial charge is 0.394 e. The highest BCUT2D eigenvalue weighted by Crippen LogP contribution is 2.16. The van der Waals surface area contributed by atoms with Crippen LogP contribution >= 0.6 is 0 Å². The zero-order chi connectivity index (χ0) is 43.7. The van der Waals surface area contributed by atoms with Crippen LogP contribution in [-0.4, -0.2) is 46.1 Å². The van der Waals surface area contributed by atoms with E-state index in [0.29, 0.717) is 6.42 Å². The number of unbranched alkanes of at least 4 members (excludes halogenated alkanes) is 31. The van der Waals surface area contributed by atoms with Crippen LogP contribution in [0.4, 0.5) is 0 Å². The van der Waals surface area contributed by atoms with Crippen LogP contribution in [0.3, 0.4) is 0 Å². The summed E-state index contributed by atoms with van der Waals surface area (Å²) in [6.07, 6.45) is 67.2. The third-order valence-electron chi connectivity index (χ3n) is 11.8. The van der Waals surface area contributed by atoms with Gasteiger partial charge in [0.2, 0.25) is 5.91 Å². The zero-order valence-corrected chi connectivity index (χ0v) is 39.8. The van der Waals surface area contributed by atoms with Gasteiger partial charge in [0.1, 0.15) is 6.10 Å². The number of nitrogens with one attached hydrogen (secondary N) is 1. The third kappa shape index (κ3) is 44.1. The first kappa shape index (κ1) is 58.0. The molecule has 0 aromatic heterocycles. The van der Waals surface area contributed by atoms with Gasteiger partial charge >= 0.3 is 0 Å². The molecule has 0 saturated heterocycles. The summed E-state index contributed by atoms with van der Waals surface area (Å²) < 4.78 is 0. The van der Waals surface area contributed by atoms with E-state index in [1.165, 1.54) is 186 Å². The smallest absolute Gasteiger partial charge is 0.249 e. The van der Waals surface area contributed by atoms with Crippen LogP contribution in [0.25, 0.3) is 0 Å². The molecule has 5 nitrogen and oxygen atoms in total. The average Bonchev–Trinajstić information content (AvgIpc) is 3.25. The minimum absolute atomic E-state index is 0.382. The molecule has 5 heteroatoms. The topological polar surface area (TPSA) is 89.8 Å². The monoisotopic (exact) mass is 840 g/mol. The van der Waals surface area contributed by atoms with Crippen molar-refractivity contribution in [3.05, 3.63) is 60.8 Å². The number of hydrogen-bond acceptors (Lipinski definition) is 4. The maximum atomic E-state index is 12.5. The highest BCUT2D eigenvalue weighted by Gasteiger charge is 2.22. The van der Waals surface area contributed by atoms with Crippen molar-refractivity contribution in [1.82, 2.24) is 5.32 Å². The molecule has 4 N–H and O–H groups in total. The van der Waals surface area contributed by atoms with E-state index in [0.717, 1.165) is 51.4 Å². The van der Waals surface area contributed by atoms with Crippen molar-refractivity contribution >= 4 is 5.91 Å². The van der Waals surface area contributed by atoms with Crippen LogP contribution in [0.5, 0.6) is 0 Å². The Balaban J connectivity index is 3.58. The van der Waals surface area contributed by atoms with Gasteiger partial charge in [-0.15, -0.1) is 0 Å². The van der Waals surface area contributed by atoms with Crippen molar-refractivity contribution in [2.75, 3.05) is 6.61 Å². The lowest BCUT2D eigenvalue weighted by atomic mass is 10.0. The van der Waals surface area contributed by atoms with Gasteiger partial charge in [-0.05, 0) is 77.0 Å². The molecule has 0 rings (SSSR count). The summed E-state index contributed by atoms with van der Waals surface area (Å²) >= 11 is 0. The number of amides is 1. The Morgan fingerprint density at radius 2 is 0.733 bits per heavy atom. The van der Waals surface area contributed by atoms with E-state index in [1.54, 1.807) is 6.08 Å². The van der Waals surface area contributed by atoms with E-state index in [-0.39, 0.29) is 6.61 Å². The number of hydrogen-bond donors (Lipinski definition) is 4. The van der Waals surface area contributed by atoms with Crippen LogP contribution in [0.1, 0.15) is 258 Å². The Hall–Kier alpha value is -1.95. The Labute approximate surface area is 373 Å². The minimum Gasteiger partial charge on any atom is -0.394 e. The second-order valence-electron chi connectivity index (χ2n) is 17.7. The van der Waals surface area contributed by atoms with E-state index in [2.05, 4.69) is 67.8 Å². The lowest BCUT2D eigenvalue weighted by molar-refractivity contribution is -0.131. The fourth-order valence-electron chi connectivity index (χ4n) is 7.72. The molecule has 0 saturated carbocycles. The summed E-state index contributed by atoms with van der Waals surface area (Å²) in [6, 6.07) is -0.822. The van der Waals surface area contributed by atoms with Crippen LogP contribution < -0.4 is 5.32 Å². The summed E-state index contributed by atoms with van der Waals surface area (Å²) in [5, 5.41) is 33.2. The van der Waals surface area contributed by atoms with Crippen LogP contribution in [0, 0.1) is 0 Å². The second kappa shape index (κ2) is 49.7. The summed E-state index contributed by atoms with van der Waals surface area (Å²) in [5.74, 6) is -0.518. The Bertz CT molecular complexity index is 1020. The van der Waals surface area contributed by atoms with Gasteiger partial charge in [0.25, 0.3) is 0 Å². The second-order valence-corrected chi connectivity index (χ2v) is 17.7. The van der Waals surface area contributed by atoms with Gasteiger partial charge in [-0.25, -0.2) is 0 Å². The van der Waals surface area contributed by atoms with E-state index in [9.17, 15) is 20.1 Å². The molecule has 0 fully saturated rings. The maximum Gasteiger partial charge on any atom is 0.249 e. The number of carbonyl (C=O) groups is 1. The highest BCUT2D eigenvalue weighted by molar-refractivity contribution is 5.80. The van der Waals surface area contributed by atoms with Crippen molar-refractivity contribution in [3.8, 4) is 0 Å². The molecule has 0 aliphatic heterocycles. The van der Waals surface area contributed by atoms with E-state index < -0.39 is 24.2 Å². The molecule has 0 aliphatic rings. The molecule has 0 bridgehead atoms. The van der Waals surface area contributed by atoms with Crippen molar-refractivity contribution < 1.29 is 20.1 Å². The van der Waals surface area contributed by atoms with E-state index in [4.69, 9.17) is 0 Å². The predicted octanol–water partition coefficient (Wildman–Crippen LogP) is 15.8. The lowest BCUT2D eigenvalue weighted by Gasteiger charge is -2.21. The van der Waals surface area contributed by atoms with Crippen molar-refractivity contribution in [2.24, 2.45) is 0 Å². The van der Waals surface area contributed by atoms with Crippen molar-refractivity contribution in [1.29, 1.82) is 0 Å². The minimum atomic E-state index is -1.11. The van der Waals surface area contributed by atoms with Crippen LogP contribution in [-0.2, 0) is 4.79 Å². The normalized spacial score (nSPS) is 13.9. The first-order chi connectivity index (χ1) is 29.6. The Morgan fingerprint density at radius 3 is 1.13 bits per heavy atom. The molecule has 3 unspecified atom stereocenters. The van der Waals surface area contributed by atoms with Crippen LogP contribution in [0.2, 0.25) is 0 Å². The van der Waals surface area contributed by atoms with E-state index >= 15 is 0 Å². The van der Waals surface area contributed by atoms with Gasteiger partial charge in [0, 0.05) is 0 Å². The molecule has 0 aromatic carbocycles. The standard InChI is InChI=1S/C55H101NO4/c1-3-5-7-9-11-13-15-17-19-20-21-22-23-24-25-26-27-28-29-30-31-32-33-34-35-36-38-40-42-44-46-48-50-54(59)55(60)56-52(51-57)53(58)49-47-45-43-41-39-37-18-16-14-12-10-8-6-4-2/h14,16,21-22,24-25,39,41,47,49,52-54,57-59H,3-13,15,17-20,23,26-38,40,42-46,48,50-51H2,1-2H3,(H,56,60)/b16-14+,22-21-,25-24-,41-39+,49-47+. The first-order valence-electron chi connectivity index (χ1n) is 26.1. The molecule has 0 aromatic rings. The number of rotatable bonds is 47. The molecule has 0 radical (unpaired) electrons. The first-order valence-corrected chi connectivity index (χ1v) is 26.1. The highest BCUT2D eigenvalue weighted by atomic mass is 16.3. The van der Waals surface area contributed by atoms with Crippen LogP contribution in [0.15, 0.2) is 60.8 Å². The molecule has 0 heterocycles. The molecule has 1 amide bonds. The SMILES string of the molecule is CCCCCC/C=C/CC/C=C/CC/C=C/C(O)C(CO)NC(=O)C(O)CCCCCCCCCCCCCCCCCC/C=C\C/C=C\CCCCCCCCCCC. The fourth-order valence-corrected chi connectivity index (χ4v) is 7.72.